The Morgan fingerprint density at radius 3 is 2.42 bits per heavy atom. The van der Waals surface area contributed by atoms with Crippen molar-refractivity contribution in [3.05, 3.63) is 23.3 Å². The molecule has 0 aromatic heterocycles. The van der Waals surface area contributed by atoms with E-state index in [1.54, 1.807) is 6.92 Å². The van der Waals surface area contributed by atoms with Gasteiger partial charge in [0.25, 0.3) is 0 Å². The van der Waals surface area contributed by atoms with Gasteiger partial charge in [-0.25, -0.2) is 0 Å². The minimum absolute atomic E-state index is 0.103. The van der Waals surface area contributed by atoms with E-state index < -0.39 is 51.9 Å². The summed E-state index contributed by atoms with van der Waals surface area (Å²) in [7, 11) is 0. The molecule has 1 saturated heterocycles. The molecule has 0 amide bonds. The maximum atomic E-state index is 14.0. The van der Waals surface area contributed by atoms with Gasteiger partial charge in [-0.1, -0.05) is 40.7 Å². The number of carbonyl (C=O) groups excluding carboxylic acids is 2. The highest BCUT2D eigenvalue weighted by Gasteiger charge is 2.85. The lowest BCUT2D eigenvalue weighted by molar-refractivity contribution is -0.146. The van der Waals surface area contributed by atoms with Crippen LogP contribution in [0.3, 0.4) is 0 Å². The number of Topliss-reactive ketones (excluding diaryl/α,β-unsaturated/α-hetero) is 1. The molecule has 5 aliphatic rings. The lowest BCUT2D eigenvalue weighted by atomic mass is 9.40. The van der Waals surface area contributed by atoms with Crippen molar-refractivity contribution in [3.8, 4) is 0 Å². The summed E-state index contributed by atoms with van der Waals surface area (Å²) in [5.74, 6) is -2.55. The van der Waals surface area contributed by atoms with Crippen LogP contribution in [-0.2, 0) is 19.1 Å². The molecule has 8 heteroatoms. The number of rotatable bonds is 6. The van der Waals surface area contributed by atoms with Crippen molar-refractivity contribution in [1.29, 1.82) is 0 Å². The van der Waals surface area contributed by atoms with Crippen molar-refractivity contribution in [1.82, 2.24) is 0 Å². The van der Waals surface area contributed by atoms with Crippen LogP contribution in [0.1, 0.15) is 80.6 Å². The molecular formula is C30H42O8. The number of carboxylic acids is 1. The van der Waals surface area contributed by atoms with E-state index in [1.807, 2.05) is 13.0 Å². The molecule has 0 aromatic rings. The Morgan fingerprint density at radius 1 is 1.18 bits per heavy atom. The van der Waals surface area contributed by atoms with Gasteiger partial charge in [-0.05, 0) is 67.1 Å². The van der Waals surface area contributed by atoms with Gasteiger partial charge in [-0.2, -0.15) is 0 Å². The Labute approximate surface area is 224 Å². The van der Waals surface area contributed by atoms with E-state index in [1.165, 1.54) is 19.9 Å². The molecule has 0 bridgehead atoms. The third-order valence-corrected chi connectivity index (χ3v) is 11.8. The minimum Gasteiger partial charge on any atom is -0.481 e. The number of aliphatic carboxylic acids is 1. The number of epoxide rings is 1. The largest absolute Gasteiger partial charge is 0.481 e. The summed E-state index contributed by atoms with van der Waals surface area (Å²) in [5, 5.41) is 43.5. The molecule has 0 radical (unpaired) electrons. The number of aliphatic hydroxyl groups is 3. The van der Waals surface area contributed by atoms with Crippen molar-refractivity contribution in [2.45, 2.75) is 110 Å². The van der Waals surface area contributed by atoms with Crippen molar-refractivity contribution in [2.75, 3.05) is 0 Å². The topological polar surface area (TPSA) is 145 Å². The minimum atomic E-state index is -1.76. The summed E-state index contributed by atoms with van der Waals surface area (Å²) in [6.07, 6.45) is 2.83. The zero-order chi connectivity index (χ0) is 28.4. The van der Waals surface area contributed by atoms with Crippen LogP contribution in [0.2, 0.25) is 0 Å². The number of carbonyl (C=O) groups is 3. The Kier molecular flexibility index (Phi) is 5.73. The van der Waals surface area contributed by atoms with Crippen LogP contribution < -0.4 is 0 Å². The van der Waals surface area contributed by atoms with Gasteiger partial charge in [0.2, 0.25) is 0 Å². The van der Waals surface area contributed by atoms with Gasteiger partial charge in [0.1, 0.15) is 11.4 Å². The van der Waals surface area contributed by atoms with Gasteiger partial charge in [-0.3, -0.25) is 14.4 Å². The van der Waals surface area contributed by atoms with Crippen molar-refractivity contribution in [3.63, 3.8) is 0 Å². The first-order valence-electron chi connectivity index (χ1n) is 13.8. The normalized spacial score (nSPS) is 46.8. The van der Waals surface area contributed by atoms with E-state index in [9.17, 15) is 34.8 Å². The Bertz CT molecular complexity index is 1180. The predicted molar refractivity (Wildman–Crippen MR) is 138 cm³/mol. The van der Waals surface area contributed by atoms with E-state index >= 15 is 0 Å². The molecule has 8 nitrogen and oxygen atoms in total. The van der Waals surface area contributed by atoms with Gasteiger partial charge in [0.05, 0.1) is 35.2 Å². The fourth-order valence-corrected chi connectivity index (χ4v) is 9.22. The maximum absolute atomic E-state index is 14.0. The maximum Gasteiger partial charge on any atom is 0.306 e. The number of ketones is 2. The molecule has 2 saturated carbocycles. The summed E-state index contributed by atoms with van der Waals surface area (Å²) >= 11 is 0. The zero-order valence-electron chi connectivity index (χ0n) is 23.5. The van der Waals surface area contributed by atoms with Crippen molar-refractivity contribution in [2.24, 2.45) is 33.5 Å². The third kappa shape index (κ3) is 3.09. The fraction of sp³-hybridized carbons (Fsp3) is 0.767. The molecule has 1 heterocycles. The van der Waals surface area contributed by atoms with E-state index in [-0.39, 0.29) is 47.0 Å². The third-order valence-electron chi connectivity index (χ3n) is 11.8. The quantitative estimate of drug-likeness (QED) is 0.303. The Balaban J connectivity index is 1.56. The zero-order valence-corrected chi connectivity index (χ0v) is 23.5. The van der Waals surface area contributed by atoms with Crippen LogP contribution in [0.5, 0.6) is 0 Å². The van der Waals surface area contributed by atoms with Crippen LogP contribution in [-0.4, -0.2) is 67.5 Å². The van der Waals surface area contributed by atoms with Gasteiger partial charge in [0.15, 0.2) is 5.78 Å². The highest BCUT2D eigenvalue weighted by molar-refractivity contribution is 6.03. The van der Waals surface area contributed by atoms with E-state index in [0.717, 1.165) is 5.57 Å². The van der Waals surface area contributed by atoms with E-state index in [0.29, 0.717) is 19.3 Å². The monoisotopic (exact) mass is 530 g/mol. The lowest BCUT2D eigenvalue weighted by Crippen LogP contribution is -2.66. The molecule has 3 fully saturated rings. The summed E-state index contributed by atoms with van der Waals surface area (Å²) < 4.78 is 6.55. The molecule has 4 N–H and O–H groups in total. The molecule has 10 atom stereocenters. The first-order valence-corrected chi connectivity index (χ1v) is 13.8. The van der Waals surface area contributed by atoms with Gasteiger partial charge in [0, 0.05) is 18.3 Å². The molecule has 1 aliphatic heterocycles. The van der Waals surface area contributed by atoms with Crippen molar-refractivity contribution >= 4 is 17.5 Å². The van der Waals surface area contributed by atoms with Crippen LogP contribution >= 0.6 is 0 Å². The number of hydrogen-bond acceptors (Lipinski definition) is 7. The summed E-state index contributed by atoms with van der Waals surface area (Å²) in [6, 6.07) is 0. The molecule has 5 rings (SSSR count). The van der Waals surface area contributed by atoms with Crippen LogP contribution in [0.25, 0.3) is 0 Å². The van der Waals surface area contributed by atoms with Crippen LogP contribution in [0.4, 0.5) is 0 Å². The fourth-order valence-electron chi connectivity index (χ4n) is 9.22. The summed E-state index contributed by atoms with van der Waals surface area (Å²) in [5.41, 5.74) is -4.68. The standard InChI is InChI=1S/C30H42O8/c1-15(24(35)36)10-16(31)14-27(5,37)19-12-22(34)29(7)28(19,6)21(33)11-18-26(4)9-8-20(32)25(2,3)17(26)13-23-30(18,29)38-23/h11-12,15,17,20-21,23,32-33,37H,8-10,13-14H2,1-7H3,(H,35,36). The predicted octanol–water partition coefficient (Wildman–Crippen LogP) is 2.97. The first-order chi connectivity index (χ1) is 17.3. The summed E-state index contributed by atoms with van der Waals surface area (Å²) in [6.45, 7) is 12.8. The number of aliphatic hydroxyl groups excluding tert-OH is 2. The molecule has 4 aliphatic carbocycles. The number of fused-ring (bicyclic) bond motifs is 3. The molecule has 210 valence electrons. The average Bonchev–Trinajstić information content (AvgIpc) is 3.48. The number of ether oxygens (including phenoxy) is 1. The van der Waals surface area contributed by atoms with Crippen LogP contribution in [0.15, 0.2) is 23.3 Å². The first kappa shape index (κ1) is 27.7. The molecule has 38 heavy (non-hydrogen) atoms. The molecular weight excluding hydrogens is 488 g/mol. The van der Waals surface area contributed by atoms with E-state index in [2.05, 4.69) is 20.8 Å². The molecule has 1 spiro atoms. The second-order valence-corrected chi connectivity index (χ2v) is 14.1. The smallest absolute Gasteiger partial charge is 0.306 e. The van der Waals surface area contributed by atoms with Crippen LogP contribution in [0, 0.1) is 33.5 Å². The lowest BCUT2D eigenvalue weighted by Gasteiger charge is -2.62. The van der Waals surface area contributed by atoms with Crippen molar-refractivity contribution < 1.29 is 39.5 Å². The summed E-state index contributed by atoms with van der Waals surface area (Å²) in [4.78, 5) is 38.0. The number of hydrogen-bond donors (Lipinski definition) is 4. The van der Waals surface area contributed by atoms with Gasteiger partial charge >= 0.3 is 5.97 Å². The second kappa shape index (κ2) is 7.87. The second-order valence-electron chi connectivity index (χ2n) is 14.1. The average molecular weight is 531 g/mol. The van der Waals surface area contributed by atoms with E-state index in [4.69, 9.17) is 4.74 Å². The number of carboxylic acid groups (broad SMARTS) is 1. The molecule has 10 unspecified atom stereocenters. The highest BCUT2D eigenvalue weighted by atomic mass is 16.6. The molecule has 0 aromatic carbocycles. The van der Waals surface area contributed by atoms with Gasteiger partial charge < -0.3 is 25.2 Å². The van der Waals surface area contributed by atoms with Gasteiger partial charge in [-0.15, -0.1) is 0 Å². The Hall–Kier alpha value is -1.87. The SMILES string of the molecule is CC(CC(=O)CC(C)(O)C1=CC(=O)C2(C)C1(C)C(O)C=C1C3(C)CCC(O)C(C)(C)C3CC3OC132)C(=O)O. The number of allylic oxidation sites excluding steroid dienone is 1. The highest BCUT2D eigenvalue weighted by Crippen LogP contribution is 2.78. The Morgan fingerprint density at radius 2 is 1.82 bits per heavy atom.